The number of anilines is 2. The first-order valence-electron chi connectivity index (χ1n) is 7.75. The molecule has 0 radical (unpaired) electrons. The van der Waals surface area contributed by atoms with Gasteiger partial charge in [0.25, 0.3) is 5.91 Å². The third-order valence-corrected chi connectivity index (χ3v) is 5.32. The van der Waals surface area contributed by atoms with Gasteiger partial charge in [0.2, 0.25) is 0 Å². The van der Waals surface area contributed by atoms with Crippen molar-refractivity contribution in [3.63, 3.8) is 0 Å². The van der Waals surface area contributed by atoms with Gasteiger partial charge in [-0.15, -0.1) is 0 Å². The molecule has 1 aromatic rings. The summed E-state index contributed by atoms with van der Waals surface area (Å²) in [7, 11) is 1.99. The van der Waals surface area contributed by atoms with Gasteiger partial charge >= 0.3 is 0 Å². The van der Waals surface area contributed by atoms with E-state index in [9.17, 15) is 4.79 Å². The van der Waals surface area contributed by atoms with Gasteiger partial charge in [0.1, 0.15) is 10.7 Å². The number of piperidine rings is 1. The van der Waals surface area contributed by atoms with Crippen molar-refractivity contribution < 1.29 is 4.79 Å². The molecule has 6 heteroatoms. The highest BCUT2D eigenvalue weighted by Crippen LogP contribution is 2.32. The molecule has 0 aliphatic carbocycles. The maximum absolute atomic E-state index is 12.8. The lowest BCUT2D eigenvalue weighted by atomic mass is 9.97. The highest BCUT2D eigenvalue weighted by molar-refractivity contribution is 7.18. The molecule has 0 spiro atoms. The second kappa shape index (κ2) is 6.64. The zero-order valence-electron chi connectivity index (χ0n) is 13.4. The molecule has 1 aliphatic heterocycles. The number of thiazole rings is 1. The van der Waals surface area contributed by atoms with Crippen LogP contribution in [-0.4, -0.2) is 41.5 Å². The van der Waals surface area contributed by atoms with Gasteiger partial charge in [-0.3, -0.25) is 4.79 Å². The summed E-state index contributed by atoms with van der Waals surface area (Å²) in [6.07, 6.45) is 4.36. The Kier molecular flexibility index (Phi) is 5.08. The highest BCUT2D eigenvalue weighted by atomic mass is 32.1. The summed E-state index contributed by atoms with van der Waals surface area (Å²) in [5, 5.41) is 0.829. The standard InChI is InChI=1S/C15H26N4OS/c1-5-9-18(4)15-17-13(16)12(21-15)14(20)19-10(2)7-6-8-11(19)3/h10-11H,5-9,16H2,1-4H3. The summed E-state index contributed by atoms with van der Waals surface area (Å²) >= 11 is 1.41. The molecule has 1 saturated heterocycles. The Morgan fingerprint density at radius 2 is 2.05 bits per heavy atom. The fourth-order valence-corrected chi connectivity index (χ4v) is 3.92. The quantitative estimate of drug-likeness (QED) is 0.928. The molecule has 2 unspecified atom stereocenters. The normalized spacial score (nSPS) is 22.4. The number of amides is 1. The maximum atomic E-state index is 12.8. The third kappa shape index (κ3) is 3.31. The number of nitrogens with two attached hydrogens (primary N) is 1. The van der Waals surface area contributed by atoms with Crippen LogP contribution in [-0.2, 0) is 0 Å². The largest absolute Gasteiger partial charge is 0.382 e. The van der Waals surface area contributed by atoms with E-state index in [4.69, 9.17) is 5.73 Å². The first-order chi connectivity index (χ1) is 9.95. The molecule has 2 atom stereocenters. The van der Waals surface area contributed by atoms with Gasteiger partial charge in [-0.05, 0) is 39.5 Å². The van der Waals surface area contributed by atoms with Crippen LogP contribution in [0, 0.1) is 0 Å². The van der Waals surface area contributed by atoms with Crippen LogP contribution in [0.5, 0.6) is 0 Å². The van der Waals surface area contributed by atoms with Gasteiger partial charge < -0.3 is 15.5 Å². The molecule has 118 valence electrons. The van der Waals surface area contributed by atoms with Crippen LogP contribution in [0.15, 0.2) is 0 Å². The average Bonchev–Trinajstić information content (AvgIpc) is 2.81. The lowest BCUT2D eigenvalue weighted by Crippen LogP contribution is -2.47. The van der Waals surface area contributed by atoms with Crippen LogP contribution in [0.3, 0.4) is 0 Å². The summed E-state index contributed by atoms with van der Waals surface area (Å²) in [5.41, 5.74) is 6.00. The van der Waals surface area contributed by atoms with Crippen LogP contribution < -0.4 is 10.6 Å². The molecule has 1 aromatic heterocycles. The monoisotopic (exact) mass is 310 g/mol. The SMILES string of the molecule is CCCN(C)c1nc(N)c(C(=O)N2C(C)CCCC2C)s1. The molecule has 2 N–H and O–H groups in total. The molecule has 21 heavy (non-hydrogen) atoms. The predicted octanol–water partition coefficient (Wildman–Crippen LogP) is 2.97. The fourth-order valence-electron chi connectivity index (χ4n) is 3.01. The van der Waals surface area contributed by atoms with Crippen molar-refractivity contribution in [1.29, 1.82) is 0 Å². The minimum Gasteiger partial charge on any atom is -0.382 e. The first-order valence-corrected chi connectivity index (χ1v) is 8.57. The number of hydrogen-bond acceptors (Lipinski definition) is 5. The van der Waals surface area contributed by atoms with E-state index in [0.29, 0.717) is 10.7 Å². The van der Waals surface area contributed by atoms with Crippen LogP contribution in [0.25, 0.3) is 0 Å². The smallest absolute Gasteiger partial charge is 0.268 e. The summed E-state index contributed by atoms with van der Waals surface area (Å²) in [6.45, 7) is 7.28. The van der Waals surface area contributed by atoms with E-state index in [1.54, 1.807) is 0 Å². The Labute approximate surface area is 131 Å². The Morgan fingerprint density at radius 3 is 2.62 bits per heavy atom. The topological polar surface area (TPSA) is 62.5 Å². The minimum absolute atomic E-state index is 0.0425. The molecule has 1 aliphatic rings. The summed E-state index contributed by atoms with van der Waals surface area (Å²) in [5.74, 6) is 0.411. The van der Waals surface area contributed by atoms with E-state index in [1.165, 1.54) is 17.8 Å². The lowest BCUT2D eigenvalue weighted by molar-refractivity contribution is 0.0516. The van der Waals surface area contributed by atoms with E-state index in [0.717, 1.165) is 30.9 Å². The molecule has 1 amide bonds. The van der Waals surface area contributed by atoms with Crippen LogP contribution in [0.1, 0.15) is 56.1 Å². The van der Waals surface area contributed by atoms with Gasteiger partial charge in [-0.1, -0.05) is 18.3 Å². The Morgan fingerprint density at radius 1 is 1.43 bits per heavy atom. The molecule has 2 heterocycles. The molecule has 1 fully saturated rings. The summed E-state index contributed by atoms with van der Waals surface area (Å²) < 4.78 is 0. The number of nitrogen functional groups attached to an aromatic ring is 1. The number of aromatic nitrogens is 1. The molecule has 2 rings (SSSR count). The molecular formula is C15H26N4OS. The Bertz CT molecular complexity index is 492. The van der Waals surface area contributed by atoms with Crippen molar-refractivity contribution in [3.05, 3.63) is 4.88 Å². The number of likely N-dealkylation sites (tertiary alicyclic amines) is 1. The van der Waals surface area contributed by atoms with Crippen molar-refractivity contribution in [2.75, 3.05) is 24.2 Å². The Balaban J connectivity index is 2.22. The first kappa shape index (κ1) is 16.1. The number of nitrogens with zero attached hydrogens (tertiary/aromatic N) is 3. The number of carbonyl (C=O) groups is 1. The minimum atomic E-state index is 0.0425. The van der Waals surface area contributed by atoms with Crippen molar-refractivity contribution >= 4 is 28.2 Å². The molecule has 0 aromatic carbocycles. The van der Waals surface area contributed by atoms with Crippen molar-refractivity contribution in [1.82, 2.24) is 9.88 Å². The molecule has 0 saturated carbocycles. The van der Waals surface area contributed by atoms with E-state index >= 15 is 0 Å². The zero-order valence-corrected chi connectivity index (χ0v) is 14.2. The van der Waals surface area contributed by atoms with E-state index < -0.39 is 0 Å². The lowest BCUT2D eigenvalue weighted by Gasteiger charge is -2.38. The van der Waals surface area contributed by atoms with Gasteiger partial charge in [0.05, 0.1) is 0 Å². The number of hydrogen-bond donors (Lipinski definition) is 1. The summed E-state index contributed by atoms with van der Waals surface area (Å²) in [6, 6.07) is 0.555. The van der Waals surface area contributed by atoms with E-state index in [2.05, 4.69) is 30.7 Å². The van der Waals surface area contributed by atoms with Crippen LogP contribution >= 0.6 is 11.3 Å². The van der Waals surface area contributed by atoms with Crippen molar-refractivity contribution in [3.8, 4) is 0 Å². The Hall–Kier alpha value is -1.30. The van der Waals surface area contributed by atoms with Crippen LogP contribution in [0.2, 0.25) is 0 Å². The number of carbonyl (C=O) groups excluding carboxylic acids is 1. The number of rotatable bonds is 4. The van der Waals surface area contributed by atoms with Gasteiger partial charge in [0.15, 0.2) is 5.13 Å². The molecule has 0 bridgehead atoms. The zero-order chi connectivity index (χ0) is 15.6. The van der Waals surface area contributed by atoms with Crippen molar-refractivity contribution in [2.24, 2.45) is 0 Å². The second-order valence-electron chi connectivity index (χ2n) is 5.97. The van der Waals surface area contributed by atoms with E-state index in [1.807, 2.05) is 11.9 Å². The highest BCUT2D eigenvalue weighted by Gasteiger charge is 2.32. The van der Waals surface area contributed by atoms with Gasteiger partial charge in [-0.25, -0.2) is 4.98 Å². The second-order valence-corrected chi connectivity index (χ2v) is 6.95. The predicted molar refractivity (Wildman–Crippen MR) is 89.0 cm³/mol. The van der Waals surface area contributed by atoms with E-state index in [-0.39, 0.29) is 18.0 Å². The maximum Gasteiger partial charge on any atom is 0.268 e. The van der Waals surface area contributed by atoms with Gasteiger partial charge in [-0.2, -0.15) is 0 Å². The van der Waals surface area contributed by atoms with Gasteiger partial charge in [0, 0.05) is 25.7 Å². The summed E-state index contributed by atoms with van der Waals surface area (Å²) in [4.78, 5) is 21.8. The average molecular weight is 310 g/mol. The third-order valence-electron chi connectivity index (χ3n) is 4.15. The molecular weight excluding hydrogens is 284 g/mol. The van der Waals surface area contributed by atoms with Crippen LogP contribution in [0.4, 0.5) is 10.9 Å². The van der Waals surface area contributed by atoms with Crippen molar-refractivity contribution in [2.45, 2.75) is 58.5 Å². The fraction of sp³-hybridized carbons (Fsp3) is 0.733. The molecule has 5 nitrogen and oxygen atoms in total.